The molecule has 0 aliphatic heterocycles. The van der Waals surface area contributed by atoms with Crippen LogP contribution in [0, 0.1) is 19.7 Å². The average molecular weight is 341 g/mol. The number of fused-ring (bicyclic) bond motifs is 1. The Morgan fingerprint density at radius 1 is 1.17 bits per heavy atom. The van der Waals surface area contributed by atoms with Gasteiger partial charge in [0.2, 0.25) is 0 Å². The molecule has 2 aromatic carbocycles. The Bertz CT molecular complexity index is 885. The van der Waals surface area contributed by atoms with Crippen LogP contribution in [-0.4, -0.2) is 16.6 Å². The van der Waals surface area contributed by atoms with Crippen LogP contribution in [-0.2, 0) is 6.42 Å². The van der Waals surface area contributed by atoms with Gasteiger partial charge in [-0.2, -0.15) is 0 Å². The van der Waals surface area contributed by atoms with Gasteiger partial charge in [0.15, 0.2) is 5.11 Å². The van der Waals surface area contributed by atoms with Gasteiger partial charge in [-0.15, -0.1) is 0 Å². The van der Waals surface area contributed by atoms with Crippen LogP contribution in [0.2, 0.25) is 0 Å². The predicted octanol–water partition coefficient (Wildman–Crippen LogP) is 4.45. The summed E-state index contributed by atoms with van der Waals surface area (Å²) < 4.78 is 13.2. The lowest BCUT2D eigenvalue weighted by atomic mass is 10.1. The summed E-state index contributed by atoms with van der Waals surface area (Å²) in [7, 11) is 0. The molecule has 0 bridgehead atoms. The van der Waals surface area contributed by atoms with Crippen LogP contribution in [0.1, 0.15) is 16.8 Å². The summed E-state index contributed by atoms with van der Waals surface area (Å²) in [4.78, 5) is 3.42. The van der Waals surface area contributed by atoms with E-state index >= 15 is 0 Å². The number of rotatable bonds is 4. The molecule has 0 unspecified atom stereocenters. The van der Waals surface area contributed by atoms with Gasteiger partial charge in [0.25, 0.3) is 0 Å². The number of H-pyrrole nitrogens is 1. The van der Waals surface area contributed by atoms with Gasteiger partial charge in [-0.3, -0.25) is 0 Å². The third kappa shape index (κ3) is 3.74. The maximum absolute atomic E-state index is 13.2. The van der Waals surface area contributed by atoms with Gasteiger partial charge in [0, 0.05) is 28.8 Å². The molecule has 124 valence electrons. The Morgan fingerprint density at radius 2 is 2.00 bits per heavy atom. The van der Waals surface area contributed by atoms with Crippen LogP contribution in [0.3, 0.4) is 0 Å². The molecule has 24 heavy (non-hydrogen) atoms. The number of hydrogen-bond donors (Lipinski definition) is 3. The maximum atomic E-state index is 13.2. The molecule has 1 heterocycles. The first-order valence-corrected chi connectivity index (χ1v) is 8.32. The molecule has 0 saturated heterocycles. The molecule has 3 aromatic rings. The zero-order chi connectivity index (χ0) is 17.1. The third-order valence-electron chi connectivity index (χ3n) is 4.02. The van der Waals surface area contributed by atoms with Gasteiger partial charge < -0.3 is 15.6 Å². The number of halogens is 1. The molecule has 1 aromatic heterocycles. The van der Waals surface area contributed by atoms with Crippen molar-refractivity contribution in [3.8, 4) is 0 Å². The highest BCUT2D eigenvalue weighted by Gasteiger charge is 2.08. The number of aromatic amines is 1. The smallest absolute Gasteiger partial charge is 0.170 e. The lowest BCUT2D eigenvalue weighted by molar-refractivity contribution is 0.628. The lowest BCUT2D eigenvalue weighted by Gasteiger charge is -2.11. The molecule has 5 heteroatoms. The second kappa shape index (κ2) is 7.01. The lowest BCUT2D eigenvalue weighted by Crippen LogP contribution is -2.30. The number of aromatic nitrogens is 1. The number of hydrogen-bond acceptors (Lipinski definition) is 1. The quantitative estimate of drug-likeness (QED) is 0.614. The monoisotopic (exact) mass is 341 g/mol. The highest BCUT2D eigenvalue weighted by molar-refractivity contribution is 7.80. The minimum absolute atomic E-state index is 0.285. The van der Waals surface area contributed by atoms with Gasteiger partial charge in [-0.1, -0.05) is 17.7 Å². The van der Waals surface area contributed by atoms with Crippen LogP contribution in [0.4, 0.5) is 10.1 Å². The molecular weight excluding hydrogens is 321 g/mol. The van der Waals surface area contributed by atoms with E-state index in [1.54, 1.807) is 12.1 Å². The van der Waals surface area contributed by atoms with E-state index in [2.05, 4.69) is 47.7 Å². The highest BCUT2D eigenvalue weighted by atomic mass is 32.1. The Kier molecular flexibility index (Phi) is 4.81. The van der Waals surface area contributed by atoms with Crippen molar-refractivity contribution in [2.45, 2.75) is 20.3 Å². The molecule has 0 aliphatic carbocycles. The van der Waals surface area contributed by atoms with Crippen molar-refractivity contribution in [1.29, 1.82) is 0 Å². The summed E-state index contributed by atoms with van der Waals surface area (Å²) in [5, 5.41) is 7.93. The molecule has 0 saturated carbocycles. The molecule has 0 fully saturated rings. The fourth-order valence-corrected chi connectivity index (χ4v) is 3.08. The van der Waals surface area contributed by atoms with E-state index in [0.29, 0.717) is 17.3 Å². The standard InChI is InChI=1S/C19H20FN3S/c1-12-6-7-18-17(10-12)16(13(2)22-18)8-9-21-19(24)23-15-5-3-4-14(20)11-15/h3-7,10-11,22H,8-9H2,1-2H3,(H2,21,23,24). The fraction of sp³-hybridized carbons (Fsp3) is 0.211. The molecule has 0 spiro atoms. The topological polar surface area (TPSA) is 39.9 Å². The maximum Gasteiger partial charge on any atom is 0.170 e. The summed E-state index contributed by atoms with van der Waals surface area (Å²) in [5.41, 5.74) is 5.54. The molecular formula is C19H20FN3S. The molecule has 0 atom stereocenters. The van der Waals surface area contributed by atoms with E-state index in [1.807, 2.05) is 0 Å². The second-order valence-electron chi connectivity index (χ2n) is 5.92. The van der Waals surface area contributed by atoms with Crippen molar-refractivity contribution in [2.75, 3.05) is 11.9 Å². The van der Waals surface area contributed by atoms with E-state index in [0.717, 1.165) is 11.9 Å². The van der Waals surface area contributed by atoms with Crippen molar-refractivity contribution < 1.29 is 4.39 Å². The SMILES string of the molecule is Cc1ccc2[nH]c(C)c(CCNC(=S)Nc3cccc(F)c3)c2c1. The molecule has 0 radical (unpaired) electrons. The first-order valence-electron chi connectivity index (χ1n) is 7.91. The summed E-state index contributed by atoms with van der Waals surface area (Å²) in [6, 6.07) is 12.7. The summed E-state index contributed by atoms with van der Waals surface area (Å²) in [6.45, 7) is 4.90. The van der Waals surface area contributed by atoms with Crippen molar-refractivity contribution in [3.05, 3.63) is 65.1 Å². The van der Waals surface area contributed by atoms with E-state index in [1.165, 1.54) is 34.3 Å². The Hall–Kier alpha value is -2.40. The van der Waals surface area contributed by atoms with Gasteiger partial charge >= 0.3 is 0 Å². The van der Waals surface area contributed by atoms with Crippen LogP contribution < -0.4 is 10.6 Å². The number of anilines is 1. The Morgan fingerprint density at radius 3 is 2.79 bits per heavy atom. The van der Waals surface area contributed by atoms with Crippen molar-refractivity contribution in [3.63, 3.8) is 0 Å². The number of aryl methyl sites for hydroxylation is 2. The third-order valence-corrected chi connectivity index (χ3v) is 4.26. The normalized spacial score (nSPS) is 10.8. The first-order chi connectivity index (χ1) is 11.5. The van der Waals surface area contributed by atoms with Crippen LogP contribution in [0.15, 0.2) is 42.5 Å². The minimum atomic E-state index is -0.285. The van der Waals surface area contributed by atoms with Gasteiger partial charge in [-0.05, 0) is 68.4 Å². The summed E-state index contributed by atoms with van der Waals surface area (Å²) in [5.74, 6) is -0.285. The van der Waals surface area contributed by atoms with E-state index in [4.69, 9.17) is 12.2 Å². The zero-order valence-corrected chi connectivity index (χ0v) is 14.6. The number of nitrogens with one attached hydrogen (secondary N) is 3. The second-order valence-corrected chi connectivity index (χ2v) is 6.33. The van der Waals surface area contributed by atoms with Crippen molar-refractivity contribution in [1.82, 2.24) is 10.3 Å². The molecule has 0 aliphatic rings. The fourth-order valence-electron chi connectivity index (χ4n) is 2.86. The van der Waals surface area contributed by atoms with Crippen LogP contribution >= 0.6 is 12.2 Å². The van der Waals surface area contributed by atoms with E-state index in [9.17, 15) is 4.39 Å². The highest BCUT2D eigenvalue weighted by Crippen LogP contribution is 2.23. The zero-order valence-electron chi connectivity index (χ0n) is 13.7. The van der Waals surface area contributed by atoms with Gasteiger partial charge in [0.05, 0.1) is 0 Å². The predicted molar refractivity (Wildman–Crippen MR) is 102 cm³/mol. The first kappa shape index (κ1) is 16.5. The van der Waals surface area contributed by atoms with Gasteiger partial charge in [0.1, 0.15) is 5.82 Å². The van der Waals surface area contributed by atoms with E-state index < -0.39 is 0 Å². The molecule has 3 nitrogen and oxygen atoms in total. The van der Waals surface area contributed by atoms with Gasteiger partial charge in [-0.25, -0.2) is 4.39 Å². The summed E-state index contributed by atoms with van der Waals surface area (Å²) >= 11 is 5.27. The van der Waals surface area contributed by atoms with Crippen molar-refractivity contribution in [2.24, 2.45) is 0 Å². The largest absolute Gasteiger partial charge is 0.362 e. The Balaban J connectivity index is 1.61. The van der Waals surface area contributed by atoms with Crippen LogP contribution in [0.5, 0.6) is 0 Å². The minimum Gasteiger partial charge on any atom is -0.362 e. The van der Waals surface area contributed by atoms with E-state index in [-0.39, 0.29) is 5.82 Å². The Labute approximate surface area is 146 Å². The molecule has 0 amide bonds. The summed E-state index contributed by atoms with van der Waals surface area (Å²) in [6.07, 6.45) is 0.861. The molecule has 3 rings (SSSR count). The molecule has 3 N–H and O–H groups in total. The number of benzene rings is 2. The average Bonchev–Trinajstić information content (AvgIpc) is 2.83. The van der Waals surface area contributed by atoms with Crippen molar-refractivity contribution >= 4 is 33.9 Å². The van der Waals surface area contributed by atoms with Crippen LogP contribution in [0.25, 0.3) is 10.9 Å². The number of thiocarbonyl (C=S) groups is 1.